The summed E-state index contributed by atoms with van der Waals surface area (Å²) in [5.74, 6) is -2.82. The molecule has 0 fully saturated rings. The summed E-state index contributed by atoms with van der Waals surface area (Å²) in [5.41, 5.74) is -1.20. The Morgan fingerprint density at radius 2 is 2.00 bits per heavy atom. The third kappa shape index (κ3) is 3.93. The maximum Gasteiger partial charge on any atom is 0.337 e. The van der Waals surface area contributed by atoms with Crippen LogP contribution < -0.4 is 0 Å². The van der Waals surface area contributed by atoms with Crippen molar-refractivity contribution in [1.82, 2.24) is 0 Å². The van der Waals surface area contributed by atoms with Crippen LogP contribution >= 0.6 is 0 Å². The van der Waals surface area contributed by atoms with E-state index in [1.165, 1.54) is 6.92 Å². The van der Waals surface area contributed by atoms with Crippen molar-refractivity contribution in [2.24, 2.45) is 5.41 Å². The van der Waals surface area contributed by atoms with Gasteiger partial charge in [-0.3, -0.25) is 9.59 Å². The van der Waals surface area contributed by atoms with Gasteiger partial charge in [-0.15, -0.1) is 0 Å². The number of carboxylic acid groups (broad SMARTS) is 1. The molecule has 0 aliphatic rings. The highest BCUT2D eigenvalue weighted by Gasteiger charge is 2.34. The van der Waals surface area contributed by atoms with E-state index in [9.17, 15) is 14.4 Å². The SMILES string of the molecule is C=CC(=O)OC(=O)CC(C)(CC)C(=O)O. The van der Waals surface area contributed by atoms with Crippen LogP contribution in [0.3, 0.4) is 0 Å². The van der Waals surface area contributed by atoms with Crippen molar-refractivity contribution < 1.29 is 24.2 Å². The lowest BCUT2D eigenvalue weighted by atomic mass is 9.84. The van der Waals surface area contributed by atoms with Gasteiger partial charge in [-0.05, 0) is 13.3 Å². The Morgan fingerprint density at radius 1 is 1.47 bits per heavy atom. The van der Waals surface area contributed by atoms with Crippen LogP contribution in [-0.2, 0) is 19.1 Å². The lowest BCUT2D eigenvalue weighted by Gasteiger charge is -2.20. The second kappa shape index (κ2) is 5.29. The van der Waals surface area contributed by atoms with Crippen molar-refractivity contribution in [3.05, 3.63) is 12.7 Å². The summed E-state index contributed by atoms with van der Waals surface area (Å²) in [5, 5.41) is 8.86. The van der Waals surface area contributed by atoms with E-state index in [0.29, 0.717) is 0 Å². The molecule has 0 amide bonds. The van der Waals surface area contributed by atoms with E-state index in [4.69, 9.17) is 5.11 Å². The molecule has 0 bridgehead atoms. The van der Waals surface area contributed by atoms with E-state index in [0.717, 1.165) is 6.08 Å². The van der Waals surface area contributed by atoms with Crippen LogP contribution in [0, 0.1) is 5.41 Å². The second-order valence-corrected chi connectivity index (χ2v) is 3.39. The molecular weight excluding hydrogens is 200 g/mol. The average Bonchev–Trinajstić information content (AvgIpc) is 2.16. The monoisotopic (exact) mass is 214 g/mol. The Hall–Kier alpha value is -1.65. The highest BCUT2D eigenvalue weighted by atomic mass is 16.6. The highest BCUT2D eigenvalue weighted by molar-refractivity contribution is 5.93. The number of carboxylic acids is 1. The molecule has 0 heterocycles. The van der Waals surface area contributed by atoms with Crippen LogP contribution in [0.25, 0.3) is 0 Å². The minimum absolute atomic E-state index is 0.277. The zero-order chi connectivity index (χ0) is 12.1. The molecule has 0 aliphatic heterocycles. The largest absolute Gasteiger partial charge is 0.481 e. The number of rotatable bonds is 5. The van der Waals surface area contributed by atoms with Crippen LogP contribution in [0.1, 0.15) is 26.7 Å². The Bertz CT molecular complexity index is 294. The fourth-order valence-electron chi connectivity index (χ4n) is 0.860. The smallest absolute Gasteiger partial charge is 0.337 e. The third-order valence-corrected chi connectivity index (χ3v) is 2.21. The first-order valence-corrected chi connectivity index (χ1v) is 4.46. The summed E-state index contributed by atoms with van der Waals surface area (Å²) in [4.78, 5) is 32.6. The Morgan fingerprint density at radius 3 is 2.33 bits per heavy atom. The van der Waals surface area contributed by atoms with Gasteiger partial charge in [0.05, 0.1) is 11.8 Å². The minimum atomic E-state index is -1.20. The van der Waals surface area contributed by atoms with Crippen molar-refractivity contribution >= 4 is 17.9 Å². The number of hydrogen-bond acceptors (Lipinski definition) is 4. The molecule has 0 radical (unpaired) electrons. The topological polar surface area (TPSA) is 80.7 Å². The molecule has 0 rings (SSSR count). The van der Waals surface area contributed by atoms with Crippen LogP contribution in [0.5, 0.6) is 0 Å². The van der Waals surface area contributed by atoms with E-state index in [1.54, 1.807) is 6.92 Å². The molecule has 0 spiro atoms. The summed E-state index contributed by atoms with van der Waals surface area (Å²) in [6.45, 7) is 6.20. The van der Waals surface area contributed by atoms with Gasteiger partial charge >= 0.3 is 17.9 Å². The first kappa shape index (κ1) is 13.4. The third-order valence-electron chi connectivity index (χ3n) is 2.21. The molecule has 0 aromatic carbocycles. The van der Waals surface area contributed by atoms with Crippen molar-refractivity contribution in [2.75, 3.05) is 0 Å². The van der Waals surface area contributed by atoms with Gasteiger partial charge in [-0.25, -0.2) is 4.79 Å². The molecule has 15 heavy (non-hydrogen) atoms. The molecular formula is C10H14O5. The number of aliphatic carboxylic acids is 1. The number of esters is 2. The van der Waals surface area contributed by atoms with Crippen molar-refractivity contribution in [3.8, 4) is 0 Å². The number of carbonyl (C=O) groups is 3. The number of carbonyl (C=O) groups excluding carboxylic acids is 2. The van der Waals surface area contributed by atoms with Gasteiger partial charge in [0.2, 0.25) is 0 Å². The summed E-state index contributed by atoms with van der Waals surface area (Å²) in [6.07, 6.45) is 0.792. The van der Waals surface area contributed by atoms with E-state index in [2.05, 4.69) is 11.3 Å². The molecule has 1 atom stereocenters. The van der Waals surface area contributed by atoms with Gasteiger partial charge in [0.25, 0.3) is 0 Å². The van der Waals surface area contributed by atoms with Crippen molar-refractivity contribution in [1.29, 1.82) is 0 Å². The van der Waals surface area contributed by atoms with Gasteiger partial charge in [-0.2, -0.15) is 0 Å². The zero-order valence-electron chi connectivity index (χ0n) is 8.78. The summed E-state index contributed by atoms with van der Waals surface area (Å²) in [7, 11) is 0. The Balaban J connectivity index is 4.44. The van der Waals surface area contributed by atoms with Crippen molar-refractivity contribution in [3.63, 3.8) is 0 Å². The first-order valence-electron chi connectivity index (χ1n) is 4.46. The standard InChI is InChI=1S/C10H14O5/c1-4-7(11)15-8(12)6-10(3,5-2)9(13)14/h4H,1,5-6H2,2-3H3,(H,13,14). The van der Waals surface area contributed by atoms with E-state index >= 15 is 0 Å². The van der Waals surface area contributed by atoms with Gasteiger partial charge in [0.15, 0.2) is 0 Å². The lowest BCUT2D eigenvalue weighted by molar-refractivity contribution is -0.163. The van der Waals surface area contributed by atoms with Gasteiger partial charge in [-0.1, -0.05) is 13.5 Å². The Labute approximate surface area is 87.7 Å². The molecule has 1 N–H and O–H groups in total. The fraction of sp³-hybridized carbons (Fsp3) is 0.500. The maximum atomic E-state index is 11.1. The quantitative estimate of drug-likeness (QED) is 0.421. The fourth-order valence-corrected chi connectivity index (χ4v) is 0.860. The molecule has 5 heteroatoms. The molecule has 1 unspecified atom stereocenters. The van der Waals surface area contributed by atoms with E-state index in [-0.39, 0.29) is 12.8 Å². The summed E-state index contributed by atoms with van der Waals surface area (Å²) in [6, 6.07) is 0. The minimum Gasteiger partial charge on any atom is -0.481 e. The van der Waals surface area contributed by atoms with Crippen LogP contribution in [-0.4, -0.2) is 23.0 Å². The van der Waals surface area contributed by atoms with Gasteiger partial charge in [0, 0.05) is 6.08 Å². The first-order chi connectivity index (χ1) is 6.85. The molecule has 0 saturated heterocycles. The van der Waals surface area contributed by atoms with Gasteiger partial charge < -0.3 is 9.84 Å². The van der Waals surface area contributed by atoms with E-state index < -0.39 is 23.3 Å². The van der Waals surface area contributed by atoms with Gasteiger partial charge in [0.1, 0.15) is 0 Å². The molecule has 0 aromatic heterocycles. The molecule has 0 saturated carbocycles. The zero-order valence-corrected chi connectivity index (χ0v) is 8.78. The Kier molecular flexibility index (Phi) is 4.70. The molecule has 0 aromatic rings. The van der Waals surface area contributed by atoms with Crippen LogP contribution in [0.4, 0.5) is 0 Å². The van der Waals surface area contributed by atoms with E-state index in [1.807, 2.05) is 0 Å². The highest BCUT2D eigenvalue weighted by Crippen LogP contribution is 2.26. The summed E-state index contributed by atoms with van der Waals surface area (Å²) < 4.78 is 4.29. The average molecular weight is 214 g/mol. The predicted molar refractivity (Wildman–Crippen MR) is 51.9 cm³/mol. The second-order valence-electron chi connectivity index (χ2n) is 3.39. The maximum absolute atomic E-state index is 11.1. The number of hydrogen-bond donors (Lipinski definition) is 1. The normalized spacial score (nSPS) is 13.7. The lowest BCUT2D eigenvalue weighted by Crippen LogP contribution is -2.30. The predicted octanol–water partition coefficient (Wildman–Crippen LogP) is 1.13. The van der Waals surface area contributed by atoms with Crippen molar-refractivity contribution in [2.45, 2.75) is 26.7 Å². The van der Waals surface area contributed by atoms with Crippen LogP contribution in [0.2, 0.25) is 0 Å². The molecule has 5 nitrogen and oxygen atoms in total. The molecule has 0 aliphatic carbocycles. The van der Waals surface area contributed by atoms with Crippen LogP contribution in [0.15, 0.2) is 12.7 Å². The summed E-state index contributed by atoms with van der Waals surface area (Å²) >= 11 is 0. The number of ether oxygens (including phenoxy) is 1. The molecule has 84 valence electrons.